The summed E-state index contributed by atoms with van der Waals surface area (Å²) in [4.78, 5) is 23.4. The number of hydrogen-bond donors (Lipinski definition) is 0. The number of aliphatic imine (C=N–C) groups is 1. The number of carbonyl (C=O) groups is 1. The van der Waals surface area contributed by atoms with Crippen molar-refractivity contribution in [3.63, 3.8) is 0 Å². The SMILES string of the molecule is C=CCN1C(=O)/C(=C2\Sc3ccc(OC)cc3N2C)SC1=Nc1ccc(Br)cc1. The van der Waals surface area contributed by atoms with Crippen LogP contribution < -0.4 is 9.64 Å². The van der Waals surface area contributed by atoms with Gasteiger partial charge in [-0.25, -0.2) is 4.99 Å². The molecule has 0 atom stereocenters. The van der Waals surface area contributed by atoms with Crippen LogP contribution in [-0.4, -0.2) is 36.7 Å². The van der Waals surface area contributed by atoms with Gasteiger partial charge in [-0.05, 0) is 48.2 Å². The second kappa shape index (κ2) is 8.30. The highest BCUT2D eigenvalue weighted by atomic mass is 79.9. The average molecular weight is 488 g/mol. The topological polar surface area (TPSA) is 45.1 Å². The fourth-order valence-corrected chi connectivity index (χ4v) is 5.58. The molecule has 1 saturated heterocycles. The Bertz CT molecular complexity index is 1050. The van der Waals surface area contributed by atoms with Crippen LogP contribution in [0.1, 0.15) is 0 Å². The van der Waals surface area contributed by atoms with E-state index < -0.39 is 0 Å². The summed E-state index contributed by atoms with van der Waals surface area (Å²) in [5.41, 5.74) is 1.82. The second-order valence-electron chi connectivity index (χ2n) is 6.31. The maximum Gasteiger partial charge on any atom is 0.269 e. The number of amides is 1. The van der Waals surface area contributed by atoms with Crippen molar-refractivity contribution in [3.05, 3.63) is 69.5 Å². The summed E-state index contributed by atoms with van der Waals surface area (Å²) in [5.74, 6) is 0.735. The van der Waals surface area contributed by atoms with Crippen molar-refractivity contribution < 1.29 is 9.53 Å². The highest BCUT2D eigenvalue weighted by Crippen LogP contribution is 2.51. The van der Waals surface area contributed by atoms with Gasteiger partial charge < -0.3 is 9.64 Å². The van der Waals surface area contributed by atoms with Gasteiger partial charge in [-0.15, -0.1) is 6.58 Å². The summed E-state index contributed by atoms with van der Waals surface area (Å²) in [5, 5.41) is 1.56. The molecule has 0 aromatic heterocycles. The normalized spacial score (nSPS) is 19.8. The predicted molar refractivity (Wildman–Crippen MR) is 125 cm³/mol. The maximum absolute atomic E-state index is 13.2. The molecule has 0 unspecified atom stereocenters. The van der Waals surface area contributed by atoms with Gasteiger partial charge in [0.25, 0.3) is 5.91 Å². The van der Waals surface area contributed by atoms with Crippen molar-refractivity contribution >= 4 is 61.9 Å². The Hall–Kier alpha value is -2.16. The van der Waals surface area contributed by atoms with Crippen molar-refractivity contribution in [2.45, 2.75) is 4.90 Å². The van der Waals surface area contributed by atoms with Crippen LogP contribution in [0.2, 0.25) is 0 Å². The van der Waals surface area contributed by atoms with E-state index in [0.29, 0.717) is 16.6 Å². The summed E-state index contributed by atoms with van der Waals surface area (Å²) in [7, 11) is 3.62. The Balaban J connectivity index is 1.72. The number of fused-ring (bicyclic) bond motifs is 1. The van der Waals surface area contributed by atoms with E-state index in [1.165, 1.54) is 11.8 Å². The van der Waals surface area contributed by atoms with Gasteiger partial charge in [0.15, 0.2) is 5.17 Å². The third-order valence-electron chi connectivity index (χ3n) is 4.46. The van der Waals surface area contributed by atoms with Crippen LogP contribution in [0.5, 0.6) is 5.75 Å². The third-order valence-corrected chi connectivity index (χ3v) is 7.42. The average Bonchev–Trinajstić information content (AvgIpc) is 3.21. The Morgan fingerprint density at radius 1 is 1.21 bits per heavy atom. The number of methoxy groups -OCH3 is 1. The molecule has 0 spiro atoms. The van der Waals surface area contributed by atoms with Crippen molar-refractivity contribution in [2.75, 3.05) is 25.6 Å². The quantitative estimate of drug-likeness (QED) is 0.413. The van der Waals surface area contributed by atoms with Gasteiger partial charge in [-0.3, -0.25) is 9.69 Å². The lowest BCUT2D eigenvalue weighted by Gasteiger charge is -2.15. The van der Waals surface area contributed by atoms with Crippen LogP contribution in [0.25, 0.3) is 0 Å². The summed E-state index contributed by atoms with van der Waals surface area (Å²) < 4.78 is 6.33. The number of ether oxygens (including phenoxy) is 1. The van der Waals surface area contributed by atoms with E-state index in [2.05, 4.69) is 22.5 Å². The highest BCUT2D eigenvalue weighted by molar-refractivity contribution is 9.10. The third kappa shape index (κ3) is 3.84. The fourth-order valence-electron chi connectivity index (χ4n) is 2.99. The van der Waals surface area contributed by atoms with Gasteiger partial charge in [-0.2, -0.15) is 0 Å². The standard InChI is InChI=1S/C21H18BrN3O2S2/c1-4-11-25-19(26)18(29-21(25)23-14-7-5-13(22)6-8-14)20-24(2)16-12-15(27-3)9-10-17(16)28-20/h4-10,12H,1,11H2,2-3H3/b20-18+,23-21?. The molecule has 2 aliphatic rings. The number of thioether (sulfide) groups is 2. The van der Waals surface area contributed by atoms with E-state index >= 15 is 0 Å². The zero-order valence-electron chi connectivity index (χ0n) is 15.9. The number of rotatable bonds is 4. The molecule has 0 saturated carbocycles. The summed E-state index contributed by atoms with van der Waals surface area (Å²) >= 11 is 6.42. The first kappa shape index (κ1) is 20.1. The van der Waals surface area contributed by atoms with Gasteiger partial charge in [0.2, 0.25) is 0 Å². The van der Waals surface area contributed by atoms with E-state index in [1.807, 2.05) is 54.4 Å². The van der Waals surface area contributed by atoms with E-state index in [1.54, 1.807) is 29.8 Å². The zero-order chi connectivity index (χ0) is 20.5. The van der Waals surface area contributed by atoms with Crippen molar-refractivity contribution in [1.29, 1.82) is 0 Å². The number of amidine groups is 1. The summed E-state index contributed by atoms with van der Waals surface area (Å²) in [6, 6.07) is 13.6. The van der Waals surface area contributed by atoms with Gasteiger partial charge in [0, 0.05) is 29.0 Å². The Morgan fingerprint density at radius 2 is 1.97 bits per heavy atom. The molecule has 0 radical (unpaired) electrons. The van der Waals surface area contributed by atoms with Crippen molar-refractivity contribution in [2.24, 2.45) is 4.99 Å². The van der Waals surface area contributed by atoms with Gasteiger partial charge in [0.05, 0.1) is 23.5 Å². The molecule has 1 fully saturated rings. The Morgan fingerprint density at radius 3 is 2.66 bits per heavy atom. The molecule has 8 heteroatoms. The van der Waals surface area contributed by atoms with Gasteiger partial charge in [-0.1, -0.05) is 33.8 Å². The molecular formula is C21H18BrN3O2S2. The summed E-state index contributed by atoms with van der Waals surface area (Å²) in [6.45, 7) is 4.20. The first-order valence-corrected chi connectivity index (χ1v) is 11.2. The van der Waals surface area contributed by atoms with Crippen LogP contribution in [-0.2, 0) is 4.79 Å². The van der Waals surface area contributed by atoms with Gasteiger partial charge in [0.1, 0.15) is 10.7 Å². The minimum atomic E-state index is -0.0557. The molecule has 0 bridgehead atoms. The summed E-state index contributed by atoms with van der Waals surface area (Å²) in [6.07, 6.45) is 1.72. The number of carbonyl (C=O) groups excluding carboxylic acids is 1. The molecule has 2 aromatic rings. The lowest BCUT2D eigenvalue weighted by atomic mass is 10.3. The number of anilines is 1. The molecule has 29 heavy (non-hydrogen) atoms. The van der Waals surface area contributed by atoms with E-state index in [0.717, 1.165) is 31.5 Å². The van der Waals surface area contributed by atoms with E-state index in [4.69, 9.17) is 9.73 Å². The van der Waals surface area contributed by atoms with E-state index in [-0.39, 0.29) is 5.91 Å². The molecule has 148 valence electrons. The maximum atomic E-state index is 13.2. The number of halogens is 1. The molecule has 2 aromatic carbocycles. The first-order chi connectivity index (χ1) is 14.0. The van der Waals surface area contributed by atoms with Crippen LogP contribution in [0, 0.1) is 0 Å². The Kier molecular flexibility index (Phi) is 5.76. The largest absolute Gasteiger partial charge is 0.497 e. The molecule has 1 amide bonds. The molecule has 0 N–H and O–H groups in total. The molecule has 5 nitrogen and oxygen atoms in total. The van der Waals surface area contributed by atoms with Crippen LogP contribution in [0.3, 0.4) is 0 Å². The lowest BCUT2D eigenvalue weighted by molar-refractivity contribution is -0.121. The van der Waals surface area contributed by atoms with Crippen LogP contribution in [0.4, 0.5) is 11.4 Å². The molecule has 2 heterocycles. The number of benzene rings is 2. The smallest absolute Gasteiger partial charge is 0.269 e. The fraction of sp³-hybridized carbons (Fsp3) is 0.143. The van der Waals surface area contributed by atoms with Crippen LogP contribution in [0.15, 0.2) is 79.4 Å². The van der Waals surface area contributed by atoms with Gasteiger partial charge >= 0.3 is 0 Å². The molecule has 0 aliphatic carbocycles. The lowest BCUT2D eigenvalue weighted by Crippen LogP contribution is -2.29. The minimum absolute atomic E-state index is 0.0557. The predicted octanol–water partition coefficient (Wildman–Crippen LogP) is 5.62. The number of nitrogens with zero attached hydrogens (tertiary/aromatic N) is 3. The van der Waals surface area contributed by atoms with Crippen molar-refractivity contribution in [1.82, 2.24) is 4.90 Å². The number of hydrogen-bond acceptors (Lipinski definition) is 6. The second-order valence-corrected chi connectivity index (χ2v) is 9.23. The molecule has 2 aliphatic heterocycles. The monoisotopic (exact) mass is 487 g/mol. The van der Waals surface area contributed by atoms with Crippen molar-refractivity contribution in [3.8, 4) is 5.75 Å². The highest BCUT2D eigenvalue weighted by Gasteiger charge is 2.38. The first-order valence-electron chi connectivity index (χ1n) is 8.80. The molecule has 4 rings (SSSR count). The molecular weight excluding hydrogens is 470 g/mol. The zero-order valence-corrected chi connectivity index (χ0v) is 19.1. The van der Waals surface area contributed by atoms with E-state index in [9.17, 15) is 4.79 Å². The minimum Gasteiger partial charge on any atom is -0.497 e. The Labute approximate surface area is 186 Å². The van der Waals surface area contributed by atoms with Crippen LogP contribution >= 0.6 is 39.5 Å².